The highest BCUT2D eigenvalue weighted by Crippen LogP contribution is 2.28. The minimum atomic E-state index is 0.482. The standard InChI is InChI=1S/C12H14N2/c1-8-3-4-14-11(5-8)6-10-7-13-9(2)12(10)14/h3-6,9,13H,7H2,1-2H3. The first-order chi connectivity index (χ1) is 6.75. The van der Waals surface area contributed by atoms with E-state index in [1.807, 2.05) is 0 Å². The quantitative estimate of drug-likeness (QED) is 0.668. The van der Waals surface area contributed by atoms with Gasteiger partial charge in [-0.25, -0.2) is 0 Å². The number of pyridine rings is 1. The number of aryl methyl sites for hydroxylation is 1. The van der Waals surface area contributed by atoms with Gasteiger partial charge in [-0.3, -0.25) is 0 Å². The molecule has 2 heteroatoms. The van der Waals surface area contributed by atoms with E-state index in [2.05, 4.69) is 48.0 Å². The first kappa shape index (κ1) is 8.06. The molecule has 2 aromatic rings. The molecule has 0 aromatic carbocycles. The van der Waals surface area contributed by atoms with Gasteiger partial charge >= 0.3 is 0 Å². The Bertz CT molecular complexity index is 496. The summed E-state index contributed by atoms with van der Waals surface area (Å²) < 4.78 is 2.30. The molecule has 1 aliphatic heterocycles. The second-order valence-electron chi connectivity index (χ2n) is 4.16. The summed E-state index contributed by atoms with van der Waals surface area (Å²) >= 11 is 0. The third kappa shape index (κ3) is 0.946. The number of nitrogens with zero attached hydrogens (tertiary/aromatic N) is 1. The molecule has 14 heavy (non-hydrogen) atoms. The molecule has 3 heterocycles. The van der Waals surface area contributed by atoms with Gasteiger partial charge in [0.25, 0.3) is 0 Å². The molecule has 0 saturated carbocycles. The van der Waals surface area contributed by atoms with Crippen LogP contribution in [0.3, 0.4) is 0 Å². The molecule has 72 valence electrons. The number of aromatic nitrogens is 1. The Morgan fingerprint density at radius 3 is 3.14 bits per heavy atom. The smallest absolute Gasteiger partial charge is 0.0459 e. The monoisotopic (exact) mass is 186 g/mol. The largest absolute Gasteiger partial charge is 0.319 e. The zero-order chi connectivity index (χ0) is 9.71. The van der Waals surface area contributed by atoms with E-state index in [9.17, 15) is 0 Å². The number of nitrogens with one attached hydrogen (secondary N) is 1. The van der Waals surface area contributed by atoms with Crippen LogP contribution in [0.4, 0.5) is 0 Å². The molecule has 2 aromatic heterocycles. The average molecular weight is 186 g/mol. The summed E-state index contributed by atoms with van der Waals surface area (Å²) in [7, 11) is 0. The van der Waals surface area contributed by atoms with Crippen molar-refractivity contribution >= 4 is 5.52 Å². The van der Waals surface area contributed by atoms with Gasteiger partial charge in [0, 0.05) is 30.0 Å². The molecule has 0 amide bonds. The van der Waals surface area contributed by atoms with Gasteiger partial charge in [0.1, 0.15) is 0 Å². The average Bonchev–Trinajstić information content (AvgIpc) is 2.66. The maximum atomic E-state index is 3.45. The van der Waals surface area contributed by atoms with Crippen molar-refractivity contribution in [1.82, 2.24) is 9.72 Å². The molecule has 0 saturated heterocycles. The fourth-order valence-corrected chi connectivity index (χ4v) is 2.35. The van der Waals surface area contributed by atoms with Gasteiger partial charge in [-0.05, 0) is 43.2 Å². The SMILES string of the molecule is Cc1ccn2c3c(cc2c1)CNC3C. The minimum Gasteiger partial charge on any atom is -0.319 e. The topological polar surface area (TPSA) is 16.4 Å². The van der Waals surface area contributed by atoms with Crippen LogP contribution in [0.1, 0.15) is 29.8 Å². The first-order valence-electron chi connectivity index (χ1n) is 5.09. The van der Waals surface area contributed by atoms with Crippen LogP contribution in [0, 0.1) is 6.92 Å². The third-order valence-electron chi connectivity index (χ3n) is 3.06. The predicted molar refractivity (Wildman–Crippen MR) is 57.4 cm³/mol. The second-order valence-corrected chi connectivity index (χ2v) is 4.16. The number of hydrogen-bond donors (Lipinski definition) is 1. The van der Waals surface area contributed by atoms with Crippen LogP contribution in [0.5, 0.6) is 0 Å². The number of rotatable bonds is 0. The highest BCUT2D eigenvalue weighted by Gasteiger charge is 2.21. The fourth-order valence-electron chi connectivity index (χ4n) is 2.35. The molecule has 1 atom stereocenters. The summed E-state index contributed by atoms with van der Waals surface area (Å²) in [5, 5.41) is 3.45. The summed E-state index contributed by atoms with van der Waals surface area (Å²) in [5.41, 5.74) is 5.53. The van der Waals surface area contributed by atoms with Gasteiger partial charge in [0.2, 0.25) is 0 Å². The molecule has 0 radical (unpaired) electrons. The normalized spacial score (nSPS) is 20.3. The fraction of sp³-hybridized carbons (Fsp3) is 0.333. The van der Waals surface area contributed by atoms with Crippen LogP contribution >= 0.6 is 0 Å². The Balaban J connectivity index is 2.36. The van der Waals surface area contributed by atoms with Crippen molar-refractivity contribution in [3.63, 3.8) is 0 Å². The van der Waals surface area contributed by atoms with Crippen molar-refractivity contribution in [3.05, 3.63) is 41.2 Å². The zero-order valence-corrected chi connectivity index (χ0v) is 8.54. The molecule has 1 N–H and O–H groups in total. The number of fused-ring (bicyclic) bond motifs is 3. The second kappa shape index (κ2) is 2.61. The van der Waals surface area contributed by atoms with E-state index in [4.69, 9.17) is 0 Å². The molecule has 0 spiro atoms. The lowest BCUT2D eigenvalue weighted by Crippen LogP contribution is -2.09. The molecule has 0 fully saturated rings. The molecule has 0 bridgehead atoms. The van der Waals surface area contributed by atoms with E-state index >= 15 is 0 Å². The molecule has 1 aliphatic rings. The molecule has 2 nitrogen and oxygen atoms in total. The molecule has 1 unspecified atom stereocenters. The van der Waals surface area contributed by atoms with Crippen LogP contribution in [-0.4, -0.2) is 4.40 Å². The molecule has 3 rings (SSSR count). The lowest BCUT2D eigenvalue weighted by atomic mass is 10.2. The van der Waals surface area contributed by atoms with E-state index in [0.717, 1.165) is 6.54 Å². The van der Waals surface area contributed by atoms with E-state index in [0.29, 0.717) is 6.04 Å². The summed E-state index contributed by atoms with van der Waals surface area (Å²) in [6.07, 6.45) is 2.17. The van der Waals surface area contributed by atoms with Crippen molar-refractivity contribution in [2.45, 2.75) is 26.4 Å². The first-order valence-corrected chi connectivity index (χ1v) is 5.09. The van der Waals surface area contributed by atoms with Crippen LogP contribution in [0.15, 0.2) is 24.4 Å². The van der Waals surface area contributed by atoms with Crippen LogP contribution in [0.2, 0.25) is 0 Å². The van der Waals surface area contributed by atoms with Crippen LogP contribution in [-0.2, 0) is 6.54 Å². The van der Waals surface area contributed by atoms with Crippen molar-refractivity contribution in [2.75, 3.05) is 0 Å². The van der Waals surface area contributed by atoms with Crippen molar-refractivity contribution in [3.8, 4) is 0 Å². The third-order valence-corrected chi connectivity index (χ3v) is 3.06. The maximum Gasteiger partial charge on any atom is 0.0459 e. The van der Waals surface area contributed by atoms with Crippen LogP contribution < -0.4 is 5.32 Å². The van der Waals surface area contributed by atoms with Crippen LogP contribution in [0.25, 0.3) is 5.52 Å². The van der Waals surface area contributed by atoms with Crippen molar-refractivity contribution in [2.24, 2.45) is 0 Å². The van der Waals surface area contributed by atoms with E-state index < -0.39 is 0 Å². The summed E-state index contributed by atoms with van der Waals surface area (Å²) in [6, 6.07) is 7.18. The zero-order valence-electron chi connectivity index (χ0n) is 8.54. The van der Waals surface area contributed by atoms with Gasteiger partial charge in [-0.15, -0.1) is 0 Å². The molecule has 0 aliphatic carbocycles. The minimum absolute atomic E-state index is 0.482. The van der Waals surface area contributed by atoms with Crippen molar-refractivity contribution in [1.29, 1.82) is 0 Å². The van der Waals surface area contributed by atoms with Gasteiger partial charge < -0.3 is 9.72 Å². The Morgan fingerprint density at radius 1 is 1.43 bits per heavy atom. The van der Waals surface area contributed by atoms with E-state index in [-0.39, 0.29) is 0 Å². The van der Waals surface area contributed by atoms with Gasteiger partial charge in [-0.1, -0.05) is 0 Å². The summed E-state index contributed by atoms with van der Waals surface area (Å²) in [4.78, 5) is 0. The highest BCUT2D eigenvalue weighted by atomic mass is 15.0. The molecular formula is C12H14N2. The Kier molecular flexibility index (Phi) is 1.50. The van der Waals surface area contributed by atoms with E-state index in [1.54, 1.807) is 0 Å². The van der Waals surface area contributed by atoms with E-state index in [1.165, 1.54) is 22.3 Å². The number of hydrogen-bond acceptors (Lipinski definition) is 1. The molecular weight excluding hydrogens is 172 g/mol. The Morgan fingerprint density at radius 2 is 2.29 bits per heavy atom. The maximum absolute atomic E-state index is 3.45. The Hall–Kier alpha value is -1.28. The lowest BCUT2D eigenvalue weighted by Gasteiger charge is -2.06. The lowest BCUT2D eigenvalue weighted by molar-refractivity contribution is 0.617. The summed E-state index contributed by atoms with van der Waals surface area (Å²) in [5.74, 6) is 0. The summed E-state index contributed by atoms with van der Waals surface area (Å²) in [6.45, 7) is 5.37. The predicted octanol–water partition coefficient (Wildman–Crippen LogP) is 2.41. The van der Waals surface area contributed by atoms with Gasteiger partial charge in [-0.2, -0.15) is 0 Å². The van der Waals surface area contributed by atoms with Gasteiger partial charge in [0.15, 0.2) is 0 Å². The Labute approximate surface area is 83.6 Å². The van der Waals surface area contributed by atoms with Gasteiger partial charge in [0.05, 0.1) is 0 Å². The van der Waals surface area contributed by atoms with Crippen molar-refractivity contribution < 1.29 is 0 Å². The highest BCUT2D eigenvalue weighted by molar-refractivity contribution is 5.56.